The van der Waals surface area contributed by atoms with Gasteiger partial charge in [-0.3, -0.25) is 4.79 Å². The van der Waals surface area contributed by atoms with Gasteiger partial charge in [-0.1, -0.05) is 0 Å². The quantitative estimate of drug-likeness (QED) is 0.745. The number of rotatable bonds is 6. The van der Waals surface area contributed by atoms with Crippen LogP contribution in [0, 0.1) is 0 Å². The average molecular weight is 334 g/mol. The summed E-state index contributed by atoms with van der Waals surface area (Å²) in [6, 6.07) is 0. The van der Waals surface area contributed by atoms with Gasteiger partial charge in [0.1, 0.15) is 6.61 Å². The molecular formula is C14H26N2O5S. The molecule has 128 valence electrons. The Morgan fingerprint density at radius 1 is 1.45 bits per heavy atom. The fourth-order valence-corrected chi connectivity index (χ4v) is 3.64. The number of likely N-dealkylation sites (tertiary alicyclic amines) is 1. The molecule has 8 heteroatoms. The van der Waals surface area contributed by atoms with Crippen molar-refractivity contribution in [1.29, 1.82) is 0 Å². The predicted octanol–water partition coefficient (Wildman–Crippen LogP) is 0.112. The third-order valence-corrected chi connectivity index (χ3v) is 4.94. The molecular weight excluding hydrogens is 308 g/mol. The summed E-state index contributed by atoms with van der Waals surface area (Å²) in [5.41, 5.74) is -0.316. The highest BCUT2D eigenvalue weighted by Crippen LogP contribution is 2.36. The fourth-order valence-electron chi connectivity index (χ4n) is 3.15. The SMILES string of the molecule is CCOCC(=O)N1CC[C@]2(CCC[C@@H](CNS(C)(=O)=O)O2)C1. The maximum Gasteiger partial charge on any atom is 0.248 e. The van der Waals surface area contributed by atoms with E-state index in [9.17, 15) is 13.2 Å². The Kier molecular flexibility index (Phi) is 5.81. The number of carbonyl (C=O) groups is 1. The zero-order valence-corrected chi connectivity index (χ0v) is 14.2. The second-order valence-corrected chi connectivity index (χ2v) is 7.97. The first-order valence-corrected chi connectivity index (χ1v) is 9.71. The number of hydrogen-bond acceptors (Lipinski definition) is 5. The number of hydrogen-bond donors (Lipinski definition) is 1. The fraction of sp³-hybridized carbons (Fsp3) is 0.929. The Bertz CT molecular complexity index is 495. The van der Waals surface area contributed by atoms with Crippen molar-refractivity contribution in [3.8, 4) is 0 Å². The van der Waals surface area contributed by atoms with Crippen molar-refractivity contribution in [3.63, 3.8) is 0 Å². The Labute approximate surface area is 132 Å². The Morgan fingerprint density at radius 2 is 2.23 bits per heavy atom. The Hall–Kier alpha value is -0.700. The molecule has 0 radical (unpaired) electrons. The van der Waals surface area contributed by atoms with Gasteiger partial charge in [0.2, 0.25) is 15.9 Å². The molecule has 2 fully saturated rings. The summed E-state index contributed by atoms with van der Waals surface area (Å²) in [6.07, 6.45) is 4.59. The summed E-state index contributed by atoms with van der Waals surface area (Å²) in [7, 11) is -3.20. The van der Waals surface area contributed by atoms with E-state index in [2.05, 4.69) is 4.72 Å². The molecule has 0 aromatic rings. The van der Waals surface area contributed by atoms with Gasteiger partial charge in [0.15, 0.2) is 0 Å². The highest BCUT2D eigenvalue weighted by molar-refractivity contribution is 7.88. The molecule has 2 aliphatic heterocycles. The predicted molar refractivity (Wildman–Crippen MR) is 82.0 cm³/mol. The van der Waals surface area contributed by atoms with Crippen molar-refractivity contribution in [2.75, 3.05) is 39.1 Å². The van der Waals surface area contributed by atoms with Gasteiger partial charge in [-0.2, -0.15) is 0 Å². The van der Waals surface area contributed by atoms with Crippen molar-refractivity contribution in [1.82, 2.24) is 9.62 Å². The molecule has 2 saturated heterocycles. The summed E-state index contributed by atoms with van der Waals surface area (Å²) in [4.78, 5) is 13.8. The van der Waals surface area contributed by atoms with E-state index in [0.717, 1.165) is 31.9 Å². The lowest BCUT2D eigenvalue weighted by molar-refractivity contribution is -0.141. The number of sulfonamides is 1. The molecule has 1 amide bonds. The van der Waals surface area contributed by atoms with Crippen LogP contribution in [-0.4, -0.2) is 70.0 Å². The molecule has 0 aliphatic carbocycles. The molecule has 2 aliphatic rings. The van der Waals surface area contributed by atoms with Crippen molar-refractivity contribution >= 4 is 15.9 Å². The zero-order chi connectivity index (χ0) is 16.2. The lowest BCUT2D eigenvalue weighted by Gasteiger charge is -2.38. The number of nitrogens with one attached hydrogen (secondary N) is 1. The van der Waals surface area contributed by atoms with E-state index in [1.54, 1.807) is 4.90 Å². The van der Waals surface area contributed by atoms with Crippen LogP contribution in [0.2, 0.25) is 0 Å². The summed E-state index contributed by atoms with van der Waals surface area (Å²) < 4.78 is 36.2. The van der Waals surface area contributed by atoms with Gasteiger partial charge < -0.3 is 14.4 Å². The molecule has 2 heterocycles. The molecule has 0 bridgehead atoms. The molecule has 0 aromatic carbocycles. The second-order valence-electron chi connectivity index (χ2n) is 6.14. The van der Waals surface area contributed by atoms with Gasteiger partial charge >= 0.3 is 0 Å². The lowest BCUT2D eigenvalue weighted by atomic mass is 9.90. The maximum atomic E-state index is 12.0. The first kappa shape index (κ1) is 17.7. The normalized spacial score (nSPS) is 29.2. The topological polar surface area (TPSA) is 84.9 Å². The van der Waals surface area contributed by atoms with Gasteiger partial charge in [0.25, 0.3) is 0 Å². The highest BCUT2D eigenvalue weighted by Gasteiger charge is 2.44. The molecule has 2 rings (SSSR count). The van der Waals surface area contributed by atoms with Crippen LogP contribution in [0.15, 0.2) is 0 Å². The smallest absolute Gasteiger partial charge is 0.248 e. The molecule has 2 atom stereocenters. The number of carbonyl (C=O) groups excluding carboxylic acids is 1. The molecule has 0 aromatic heterocycles. The first-order chi connectivity index (χ1) is 10.3. The van der Waals surface area contributed by atoms with Crippen LogP contribution in [0.3, 0.4) is 0 Å². The number of nitrogens with zero attached hydrogens (tertiary/aromatic N) is 1. The van der Waals surface area contributed by atoms with Crippen LogP contribution in [0.25, 0.3) is 0 Å². The van der Waals surface area contributed by atoms with E-state index in [-0.39, 0.29) is 24.2 Å². The van der Waals surface area contributed by atoms with Gasteiger partial charge in [0, 0.05) is 26.2 Å². The molecule has 22 heavy (non-hydrogen) atoms. The molecule has 0 unspecified atom stereocenters. The average Bonchev–Trinajstić information content (AvgIpc) is 2.85. The third kappa shape index (κ3) is 4.91. The Balaban J connectivity index is 1.87. The largest absolute Gasteiger partial charge is 0.372 e. The van der Waals surface area contributed by atoms with E-state index in [1.165, 1.54) is 0 Å². The lowest BCUT2D eigenvalue weighted by Crippen LogP contribution is -2.47. The van der Waals surface area contributed by atoms with Gasteiger partial charge in [-0.15, -0.1) is 0 Å². The summed E-state index contributed by atoms with van der Waals surface area (Å²) in [6.45, 7) is 4.06. The summed E-state index contributed by atoms with van der Waals surface area (Å²) in [5.74, 6) is -0.00119. The van der Waals surface area contributed by atoms with Gasteiger partial charge in [0.05, 0.1) is 18.0 Å². The molecule has 7 nitrogen and oxygen atoms in total. The van der Waals surface area contributed by atoms with Crippen LogP contribution in [0.5, 0.6) is 0 Å². The van der Waals surface area contributed by atoms with Crippen LogP contribution in [-0.2, 0) is 24.3 Å². The Morgan fingerprint density at radius 3 is 2.91 bits per heavy atom. The summed E-state index contributed by atoms with van der Waals surface area (Å²) in [5, 5.41) is 0. The first-order valence-electron chi connectivity index (χ1n) is 7.81. The maximum absolute atomic E-state index is 12.0. The van der Waals surface area contributed by atoms with Crippen molar-refractivity contribution < 1.29 is 22.7 Å². The van der Waals surface area contributed by atoms with E-state index in [0.29, 0.717) is 26.2 Å². The van der Waals surface area contributed by atoms with Gasteiger partial charge in [-0.05, 0) is 32.6 Å². The third-order valence-electron chi connectivity index (χ3n) is 4.25. The molecule has 1 spiro atoms. The highest BCUT2D eigenvalue weighted by atomic mass is 32.2. The van der Waals surface area contributed by atoms with Crippen molar-refractivity contribution in [2.45, 2.75) is 44.3 Å². The molecule has 0 saturated carbocycles. The number of amides is 1. The molecule has 1 N–H and O–H groups in total. The van der Waals surface area contributed by atoms with Crippen molar-refractivity contribution in [2.24, 2.45) is 0 Å². The van der Waals surface area contributed by atoms with Crippen LogP contribution in [0.4, 0.5) is 0 Å². The number of ether oxygens (including phenoxy) is 2. The minimum atomic E-state index is -3.20. The van der Waals surface area contributed by atoms with E-state index in [1.807, 2.05) is 6.92 Å². The second kappa shape index (κ2) is 7.25. The van der Waals surface area contributed by atoms with Crippen LogP contribution >= 0.6 is 0 Å². The van der Waals surface area contributed by atoms with Gasteiger partial charge in [-0.25, -0.2) is 13.1 Å². The minimum absolute atomic E-state index is 0.00119. The summed E-state index contributed by atoms with van der Waals surface area (Å²) >= 11 is 0. The van der Waals surface area contributed by atoms with Crippen LogP contribution in [0.1, 0.15) is 32.6 Å². The van der Waals surface area contributed by atoms with E-state index >= 15 is 0 Å². The monoisotopic (exact) mass is 334 g/mol. The zero-order valence-electron chi connectivity index (χ0n) is 13.3. The minimum Gasteiger partial charge on any atom is -0.372 e. The van der Waals surface area contributed by atoms with Crippen molar-refractivity contribution in [3.05, 3.63) is 0 Å². The van der Waals surface area contributed by atoms with Crippen LogP contribution < -0.4 is 4.72 Å². The van der Waals surface area contributed by atoms with E-state index in [4.69, 9.17) is 9.47 Å². The van der Waals surface area contributed by atoms with E-state index < -0.39 is 10.0 Å². The standard InChI is InChI=1S/C14H26N2O5S/c1-3-20-10-13(17)16-8-7-14(11-16)6-4-5-12(21-14)9-15-22(2,18)19/h12,15H,3-11H2,1-2H3/t12-,14+/m0/s1.